The monoisotopic (exact) mass is 328 g/mol. The van der Waals surface area contributed by atoms with Gasteiger partial charge in [-0.1, -0.05) is 6.92 Å². The fraction of sp³-hybridized carbons (Fsp3) is 0.300. The molecule has 6 nitrogen and oxygen atoms in total. The summed E-state index contributed by atoms with van der Waals surface area (Å²) >= 11 is 5.05. The van der Waals surface area contributed by atoms with E-state index in [1.165, 1.54) is 6.33 Å². The Bertz CT molecular complexity index is 503. The van der Waals surface area contributed by atoms with Crippen LogP contribution in [0.3, 0.4) is 0 Å². The summed E-state index contributed by atoms with van der Waals surface area (Å²) in [6, 6.07) is 0. The topological polar surface area (TPSA) is 88.8 Å². The summed E-state index contributed by atoms with van der Waals surface area (Å²) in [5, 5.41) is 6.33. The van der Waals surface area contributed by atoms with Gasteiger partial charge in [0.1, 0.15) is 16.6 Å². The lowest BCUT2D eigenvalue weighted by Crippen LogP contribution is -2.14. The average molecular weight is 329 g/mol. The fourth-order valence-corrected chi connectivity index (χ4v) is 2.57. The molecule has 2 heterocycles. The van der Waals surface area contributed by atoms with Crippen LogP contribution in [0.25, 0.3) is 0 Å². The highest BCUT2D eigenvalue weighted by Crippen LogP contribution is 2.26. The molecule has 0 saturated carbocycles. The van der Waals surface area contributed by atoms with Crippen LogP contribution in [0.2, 0.25) is 0 Å². The molecule has 2 rings (SSSR count). The molecule has 2 aromatic rings. The lowest BCUT2D eigenvalue weighted by atomic mass is 10.2. The third-order valence-corrected chi connectivity index (χ3v) is 4.13. The van der Waals surface area contributed by atoms with Gasteiger partial charge in [-0.3, -0.25) is 0 Å². The van der Waals surface area contributed by atoms with E-state index >= 15 is 0 Å². The molecule has 0 aliphatic carbocycles. The highest BCUT2D eigenvalue weighted by molar-refractivity contribution is 9.10. The molecule has 0 fully saturated rings. The van der Waals surface area contributed by atoms with Crippen LogP contribution in [0, 0.1) is 0 Å². The summed E-state index contributed by atoms with van der Waals surface area (Å²) in [7, 11) is 0. The van der Waals surface area contributed by atoms with Gasteiger partial charge in [0.05, 0.1) is 5.01 Å². The number of hydrogen-bond acceptors (Lipinski definition) is 7. The van der Waals surface area contributed by atoms with Gasteiger partial charge in [0.2, 0.25) is 0 Å². The Morgan fingerprint density at radius 3 is 2.83 bits per heavy atom. The molecule has 96 valence electrons. The molecule has 0 amide bonds. The number of thiazole rings is 1. The van der Waals surface area contributed by atoms with Crippen LogP contribution in [0.5, 0.6) is 0 Å². The summed E-state index contributed by atoms with van der Waals surface area (Å²) in [6.45, 7) is 2.86. The van der Waals surface area contributed by atoms with Crippen molar-refractivity contribution < 1.29 is 0 Å². The maximum atomic E-state index is 5.35. The van der Waals surface area contributed by atoms with Crippen molar-refractivity contribution in [2.45, 2.75) is 12.8 Å². The minimum atomic E-state index is 0.321. The minimum Gasteiger partial charge on any atom is -0.368 e. The second-order valence-corrected chi connectivity index (χ2v) is 5.40. The first-order valence-electron chi connectivity index (χ1n) is 5.32. The van der Waals surface area contributed by atoms with Crippen LogP contribution in [0.1, 0.15) is 17.8 Å². The predicted octanol–water partition coefficient (Wildman–Crippen LogP) is 2.20. The second-order valence-electron chi connectivity index (χ2n) is 3.68. The van der Waals surface area contributed by atoms with Crippen LogP contribution < -0.4 is 16.6 Å². The van der Waals surface area contributed by atoms with Crippen molar-refractivity contribution in [2.75, 3.05) is 17.3 Å². The molecule has 4 N–H and O–H groups in total. The maximum Gasteiger partial charge on any atom is 0.159 e. The van der Waals surface area contributed by atoms with Gasteiger partial charge in [0, 0.05) is 24.0 Å². The van der Waals surface area contributed by atoms with Gasteiger partial charge in [-0.25, -0.2) is 20.8 Å². The van der Waals surface area contributed by atoms with E-state index in [4.69, 9.17) is 5.84 Å². The zero-order chi connectivity index (χ0) is 13.0. The molecule has 0 bridgehead atoms. The van der Waals surface area contributed by atoms with Crippen LogP contribution in [-0.4, -0.2) is 21.5 Å². The molecule has 0 saturated heterocycles. The van der Waals surface area contributed by atoms with Crippen LogP contribution in [-0.2, 0) is 0 Å². The number of hydrazine groups is 1. The van der Waals surface area contributed by atoms with E-state index in [1.54, 1.807) is 11.3 Å². The van der Waals surface area contributed by atoms with Gasteiger partial charge < -0.3 is 10.7 Å². The van der Waals surface area contributed by atoms with Crippen molar-refractivity contribution in [2.24, 2.45) is 5.84 Å². The van der Waals surface area contributed by atoms with Crippen molar-refractivity contribution in [1.29, 1.82) is 0 Å². The normalized spacial score (nSPS) is 12.2. The van der Waals surface area contributed by atoms with Gasteiger partial charge in [0.25, 0.3) is 0 Å². The number of halogens is 1. The summed E-state index contributed by atoms with van der Waals surface area (Å²) in [4.78, 5) is 12.4. The van der Waals surface area contributed by atoms with E-state index in [9.17, 15) is 0 Å². The number of anilines is 2. The number of nitrogen functional groups attached to an aromatic ring is 1. The van der Waals surface area contributed by atoms with Crippen LogP contribution >= 0.6 is 27.3 Å². The molecule has 1 unspecified atom stereocenters. The standard InChI is InChI=1S/C10H13BrN6S/c1-6(10-13-2-3-18-10)4-14-8-7(11)9(17-12)16-5-15-8/h2-3,5-6H,4,12H2,1H3,(H2,14,15,16,17). The molecule has 1 atom stereocenters. The molecule has 18 heavy (non-hydrogen) atoms. The Morgan fingerprint density at radius 1 is 1.39 bits per heavy atom. The van der Waals surface area contributed by atoms with Crippen LogP contribution in [0.4, 0.5) is 11.6 Å². The Hall–Kier alpha value is -1.25. The molecule has 0 aromatic carbocycles. The molecule has 0 radical (unpaired) electrons. The fourth-order valence-electron chi connectivity index (χ4n) is 1.41. The first-order valence-corrected chi connectivity index (χ1v) is 7.00. The smallest absolute Gasteiger partial charge is 0.159 e. The van der Waals surface area contributed by atoms with E-state index in [1.807, 2.05) is 11.6 Å². The first-order chi connectivity index (χ1) is 8.72. The lowest BCUT2D eigenvalue weighted by Gasteiger charge is -2.12. The van der Waals surface area contributed by atoms with Gasteiger partial charge in [-0.05, 0) is 15.9 Å². The van der Waals surface area contributed by atoms with Gasteiger partial charge in [-0.15, -0.1) is 11.3 Å². The summed E-state index contributed by atoms with van der Waals surface area (Å²) in [5.74, 6) is 6.93. The Morgan fingerprint density at radius 2 is 2.17 bits per heavy atom. The quantitative estimate of drug-likeness (QED) is 0.576. The average Bonchev–Trinajstić information content (AvgIpc) is 2.91. The zero-order valence-corrected chi connectivity index (χ0v) is 12.1. The molecule has 8 heteroatoms. The molecular weight excluding hydrogens is 316 g/mol. The number of nitrogens with two attached hydrogens (primary N) is 1. The Balaban J connectivity index is 2.02. The summed E-state index contributed by atoms with van der Waals surface area (Å²) in [6.07, 6.45) is 3.27. The zero-order valence-electron chi connectivity index (χ0n) is 9.72. The van der Waals surface area contributed by atoms with Crippen LogP contribution in [0.15, 0.2) is 22.4 Å². The molecule has 2 aromatic heterocycles. The van der Waals surface area contributed by atoms with Crippen molar-refractivity contribution in [3.8, 4) is 0 Å². The number of nitrogens with zero attached hydrogens (tertiary/aromatic N) is 3. The van der Waals surface area contributed by atoms with E-state index in [0.29, 0.717) is 17.6 Å². The highest BCUT2D eigenvalue weighted by atomic mass is 79.9. The van der Waals surface area contributed by atoms with E-state index < -0.39 is 0 Å². The third-order valence-electron chi connectivity index (χ3n) is 2.37. The van der Waals surface area contributed by atoms with E-state index in [2.05, 4.69) is 48.5 Å². The van der Waals surface area contributed by atoms with Crippen molar-refractivity contribution >= 4 is 38.9 Å². The van der Waals surface area contributed by atoms with E-state index in [-0.39, 0.29) is 0 Å². The molecular formula is C10H13BrN6S. The molecule has 0 aliphatic rings. The third kappa shape index (κ3) is 2.95. The molecule has 0 spiro atoms. The maximum absolute atomic E-state index is 5.35. The number of hydrogen-bond donors (Lipinski definition) is 3. The molecule has 0 aliphatic heterocycles. The lowest BCUT2D eigenvalue weighted by molar-refractivity contribution is 0.790. The van der Waals surface area contributed by atoms with Crippen molar-refractivity contribution in [3.05, 3.63) is 27.4 Å². The highest BCUT2D eigenvalue weighted by Gasteiger charge is 2.11. The van der Waals surface area contributed by atoms with Gasteiger partial charge in [0.15, 0.2) is 5.82 Å². The predicted molar refractivity (Wildman–Crippen MR) is 76.6 cm³/mol. The number of nitrogens with one attached hydrogen (secondary N) is 2. The SMILES string of the molecule is CC(CNc1ncnc(NN)c1Br)c1nccs1. The summed E-state index contributed by atoms with van der Waals surface area (Å²) in [5.41, 5.74) is 2.50. The largest absolute Gasteiger partial charge is 0.368 e. The number of aromatic nitrogens is 3. The van der Waals surface area contributed by atoms with Gasteiger partial charge in [-0.2, -0.15) is 0 Å². The Labute approximate surface area is 117 Å². The Kier molecular flexibility index (Phi) is 4.45. The second kappa shape index (κ2) is 6.07. The minimum absolute atomic E-state index is 0.321. The number of rotatable bonds is 5. The van der Waals surface area contributed by atoms with E-state index in [0.717, 1.165) is 16.0 Å². The van der Waals surface area contributed by atoms with Crippen molar-refractivity contribution in [3.63, 3.8) is 0 Å². The summed E-state index contributed by atoms with van der Waals surface area (Å²) < 4.78 is 0.721. The first kappa shape index (κ1) is 13.2. The van der Waals surface area contributed by atoms with Crippen molar-refractivity contribution in [1.82, 2.24) is 15.0 Å². The van der Waals surface area contributed by atoms with Gasteiger partial charge >= 0.3 is 0 Å².